The van der Waals surface area contributed by atoms with Crippen LogP contribution in [-0.4, -0.2) is 71.8 Å². The molecule has 4 aromatic rings. The third-order valence-electron chi connectivity index (χ3n) is 6.10. The molecule has 1 aliphatic rings. The van der Waals surface area contributed by atoms with Crippen molar-refractivity contribution in [1.82, 2.24) is 20.1 Å². The Morgan fingerprint density at radius 2 is 2.03 bits per heavy atom. The lowest BCUT2D eigenvalue weighted by Crippen LogP contribution is -2.38. The number of aromatic hydroxyl groups is 1. The number of pyridine rings is 1. The number of benzene rings is 2. The topological polar surface area (TPSA) is 92.7 Å². The molecule has 8 nitrogen and oxygen atoms in total. The van der Waals surface area contributed by atoms with Gasteiger partial charge in [0.25, 0.3) is 0 Å². The van der Waals surface area contributed by atoms with E-state index in [-0.39, 0.29) is 16.2 Å². The van der Waals surface area contributed by atoms with Crippen molar-refractivity contribution in [2.75, 3.05) is 46.6 Å². The van der Waals surface area contributed by atoms with E-state index in [2.05, 4.69) is 20.1 Å². The highest BCUT2D eigenvalue weighted by Gasteiger charge is 2.26. The number of hydrogen-bond donors (Lipinski definition) is 2. The molecule has 0 saturated carbocycles. The van der Waals surface area contributed by atoms with Gasteiger partial charge < -0.3 is 19.3 Å². The third kappa shape index (κ3) is 3.89. The van der Waals surface area contributed by atoms with Crippen molar-refractivity contribution in [3.05, 3.63) is 40.8 Å². The van der Waals surface area contributed by atoms with Gasteiger partial charge in [0.15, 0.2) is 17.1 Å². The van der Waals surface area contributed by atoms with E-state index >= 15 is 4.39 Å². The lowest BCUT2D eigenvalue weighted by molar-refractivity contribution is 0.0320. The molecule has 0 radical (unpaired) electrons. The largest absolute Gasteiger partial charge is 0.506 e. The highest BCUT2D eigenvalue weighted by atomic mass is 35.5. The predicted octanol–water partition coefficient (Wildman–Crippen LogP) is 4.30. The number of H-pyrrole nitrogens is 1. The summed E-state index contributed by atoms with van der Waals surface area (Å²) in [4.78, 5) is 6.87. The van der Waals surface area contributed by atoms with E-state index in [0.29, 0.717) is 71.1 Å². The van der Waals surface area contributed by atoms with Crippen LogP contribution in [0.15, 0.2) is 24.4 Å². The van der Waals surface area contributed by atoms with Gasteiger partial charge >= 0.3 is 0 Å². The zero-order chi connectivity index (χ0) is 23.8. The summed E-state index contributed by atoms with van der Waals surface area (Å²) in [5, 5.41) is 18.3. The molecule has 2 N–H and O–H groups in total. The van der Waals surface area contributed by atoms with Crippen molar-refractivity contribution < 1.29 is 23.7 Å². The van der Waals surface area contributed by atoms with Crippen LogP contribution in [0.5, 0.6) is 17.2 Å². The number of halogens is 2. The molecule has 1 fully saturated rings. The number of rotatable bonds is 6. The minimum absolute atomic E-state index is 0.0671. The number of phenols is 1. The van der Waals surface area contributed by atoms with Crippen molar-refractivity contribution in [1.29, 1.82) is 0 Å². The number of aromatic amines is 1. The number of nitrogens with zero attached hydrogens (tertiary/aromatic N) is 3. The Morgan fingerprint density at radius 1 is 1.24 bits per heavy atom. The van der Waals surface area contributed by atoms with E-state index in [9.17, 15) is 5.11 Å². The van der Waals surface area contributed by atoms with Crippen LogP contribution in [0.1, 0.15) is 5.56 Å². The van der Waals surface area contributed by atoms with Gasteiger partial charge in [-0.25, -0.2) is 9.37 Å². The molecule has 2 aromatic carbocycles. The zero-order valence-electron chi connectivity index (χ0n) is 18.8. The van der Waals surface area contributed by atoms with Crippen LogP contribution in [-0.2, 0) is 4.74 Å². The Bertz CT molecular complexity index is 1370. The van der Waals surface area contributed by atoms with Gasteiger partial charge in [0.2, 0.25) is 0 Å². The number of methoxy groups -OCH3 is 1. The SMILES string of the molecule is COc1c(OCCN2CCOCC2)c(C)c(F)c2c(-c3ccc(O)c(Cl)c3)nc3[nH]ncc3c12. The van der Waals surface area contributed by atoms with Crippen molar-refractivity contribution in [3.63, 3.8) is 0 Å². The molecule has 178 valence electrons. The summed E-state index contributed by atoms with van der Waals surface area (Å²) >= 11 is 6.14. The van der Waals surface area contributed by atoms with E-state index in [4.69, 9.17) is 25.8 Å². The average molecular weight is 487 g/mol. The Balaban J connectivity index is 1.67. The maximum absolute atomic E-state index is 16.0. The van der Waals surface area contributed by atoms with Crippen LogP contribution in [0.4, 0.5) is 4.39 Å². The van der Waals surface area contributed by atoms with E-state index in [0.717, 1.165) is 13.1 Å². The van der Waals surface area contributed by atoms with Crippen molar-refractivity contribution >= 4 is 33.4 Å². The fraction of sp³-hybridized carbons (Fsp3) is 0.333. The Morgan fingerprint density at radius 3 is 2.76 bits per heavy atom. The molecule has 34 heavy (non-hydrogen) atoms. The monoisotopic (exact) mass is 486 g/mol. The second-order valence-electron chi connectivity index (χ2n) is 8.11. The van der Waals surface area contributed by atoms with Gasteiger partial charge in [0, 0.05) is 41.5 Å². The van der Waals surface area contributed by atoms with Crippen molar-refractivity contribution in [3.8, 4) is 28.5 Å². The number of aromatic nitrogens is 3. The minimum atomic E-state index is -0.466. The quantitative estimate of drug-likeness (QED) is 0.419. The van der Waals surface area contributed by atoms with Gasteiger partial charge in [-0.2, -0.15) is 5.10 Å². The summed E-state index contributed by atoms with van der Waals surface area (Å²) in [5.74, 6) is 0.231. The van der Waals surface area contributed by atoms with Crippen LogP contribution < -0.4 is 9.47 Å². The molecule has 1 saturated heterocycles. The van der Waals surface area contributed by atoms with Crippen LogP contribution in [0.2, 0.25) is 5.02 Å². The van der Waals surface area contributed by atoms with Crippen LogP contribution in [0.3, 0.4) is 0 Å². The summed E-state index contributed by atoms with van der Waals surface area (Å²) in [6.45, 7) is 5.80. The summed E-state index contributed by atoms with van der Waals surface area (Å²) in [7, 11) is 1.53. The molecule has 0 aliphatic carbocycles. The molecule has 1 aliphatic heterocycles. The van der Waals surface area contributed by atoms with E-state index < -0.39 is 5.82 Å². The van der Waals surface area contributed by atoms with Gasteiger partial charge in [-0.15, -0.1) is 0 Å². The number of nitrogens with one attached hydrogen (secondary N) is 1. The van der Waals surface area contributed by atoms with Crippen molar-refractivity contribution in [2.24, 2.45) is 0 Å². The first-order valence-corrected chi connectivity index (χ1v) is 11.3. The molecule has 0 spiro atoms. The third-order valence-corrected chi connectivity index (χ3v) is 6.41. The van der Waals surface area contributed by atoms with Crippen LogP contribution in [0, 0.1) is 12.7 Å². The highest BCUT2D eigenvalue weighted by Crippen LogP contribution is 2.46. The molecule has 2 aromatic heterocycles. The fourth-order valence-electron chi connectivity index (χ4n) is 4.32. The molecule has 0 amide bonds. The molecule has 0 unspecified atom stereocenters. The second kappa shape index (κ2) is 9.25. The number of fused-ring (bicyclic) bond motifs is 3. The van der Waals surface area contributed by atoms with Gasteiger partial charge in [0.1, 0.15) is 18.2 Å². The van der Waals surface area contributed by atoms with Gasteiger partial charge in [-0.1, -0.05) is 11.6 Å². The highest BCUT2D eigenvalue weighted by molar-refractivity contribution is 6.32. The number of hydrogen-bond acceptors (Lipinski definition) is 7. The van der Waals surface area contributed by atoms with Gasteiger partial charge in [-0.3, -0.25) is 10.00 Å². The molecule has 10 heteroatoms. The Labute approximate surface area is 200 Å². The Hall–Kier alpha value is -3.14. The zero-order valence-corrected chi connectivity index (χ0v) is 19.6. The maximum atomic E-state index is 16.0. The summed E-state index contributed by atoms with van der Waals surface area (Å²) in [5.41, 5.74) is 1.69. The lowest BCUT2D eigenvalue weighted by atomic mass is 9.97. The van der Waals surface area contributed by atoms with Crippen LogP contribution in [0.25, 0.3) is 33.1 Å². The first-order valence-electron chi connectivity index (χ1n) is 10.9. The standard InChI is InChI=1S/C24H24ClFN4O4/c1-13-20(26)19-18(23(32-2)22(13)34-10-7-30-5-8-33-9-6-30)15-12-27-29-24(15)28-21(19)14-3-4-17(31)16(25)11-14/h3-4,11-12,31H,5-10H2,1-2H3,(H,27,28,29). The van der Waals surface area contributed by atoms with Crippen LogP contribution >= 0.6 is 11.6 Å². The fourth-order valence-corrected chi connectivity index (χ4v) is 4.50. The second-order valence-corrected chi connectivity index (χ2v) is 8.52. The Kier molecular flexibility index (Phi) is 6.16. The lowest BCUT2D eigenvalue weighted by Gasteiger charge is -2.27. The molecule has 5 rings (SSSR count). The molecule has 3 heterocycles. The summed E-state index contributed by atoms with van der Waals surface area (Å²) < 4.78 is 33.3. The van der Waals surface area contributed by atoms with Gasteiger partial charge in [0.05, 0.1) is 42.6 Å². The van der Waals surface area contributed by atoms with Crippen molar-refractivity contribution in [2.45, 2.75) is 6.92 Å². The van der Waals surface area contributed by atoms with Gasteiger partial charge in [-0.05, 0) is 25.1 Å². The number of phenolic OH excluding ortho intramolecular Hbond substituents is 1. The smallest absolute Gasteiger partial charge is 0.169 e. The molecule has 0 bridgehead atoms. The van der Waals surface area contributed by atoms with E-state index in [1.54, 1.807) is 25.3 Å². The van der Waals surface area contributed by atoms with E-state index in [1.807, 2.05) is 0 Å². The molecular weight excluding hydrogens is 463 g/mol. The predicted molar refractivity (Wildman–Crippen MR) is 128 cm³/mol. The number of ether oxygens (including phenoxy) is 3. The maximum Gasteiger partial charge on any atom is 0.169 e. The number of morpholine rings is 1. The molecular formula is C24H24ClFN4O4. The summed E-state index contributed by atoms with van der Waals surface area (Å²) in [6, 6.07) is 4.64. The van der Waals surface area contributed by atoms with E-state index in [1.165, 1.54) is 13.2 Å². The molecule has 0 atom stereocenters. The normalized spacial score (nSPS) is 14.7. The summed E-state index contributed by atoms with van der Waals surface area (Å²) in [6.07, 6.45) is 1.59. The first kappa shape index (κ1) is 22.6. The first-order chi connectivity index (χ1) is 16.5. The average Bonchev–Trinajstić information content (AvgIpc) is 3.32. The minimum Gasteiger partial charge on any atom is -0.506 e.